The lowest BCUT2D eigenvalue weighted by molar-refractivity contribution is -0.121. The number of anilines is 1. The van der Waals surface area contributed by atoms with Crippen molar-refractivity contribution >= 4 is 17.5 Å². The molecule has 0 aliphatic heterocycles. The van der Waals surface area contributed by atoms with Gasteiger partial charge in [0.2, 0.25) is 11.8 Å². The van der Waals surface area contributed by atoms with E-state index in [2.05, 4.69) is 24.1 Å². The summed E-state index contributed by atoms with van der Waals surface area (Å²) in [5.74, 6) is -0.323. The van der Waals surface area contributed by atoms with E-state index in [0.717, 1.165) is 18.4 Å². The molecule has 1 aromatic carbocycles. The molecule has 0 bridgehead atoms. The molecule has 0 saturated heterocycles. The Morgan fingerprint density at radius 3 is 2.79 bits per heavy atom. The van der Waals surface area contributed by atoms with Crippen LogP contribution < -0.4 is 10.6 Å². The van der Waals surface area contributed by atoms with Crippen LogP contribution in [0.5, 0.6) is 0 Å². The number of hydrogen-bond acceptors (Lipinski definition) is 3. The van der Waals surface area contributed by atoms with E-state index in [1.165, 1.54) is 18.9 Å². The zero-order valence-electron chi connectivity index (χ0n) is 14.3. The molecule has 0 spiro atoms. The maximum Gasteiger partial charge on any atom is 0.247 e. The minimum absolute atomic E-state index is 0.0115. The number of carbonyl (C=O) groups is 2. The van der Waals surface area contributed by atoms with E-state index in [9.17, 15) is 9.59 Å². The van der Waals surface area contributed by atoms with Crippen LogP contribution in [-0.4, -0.2) is 30.6 Å². The lowest BCUT2D eigenvalue weighted by Crippen LogP contribution is -2.32. The molecule has 1 saturated carbocycles. The van der Waals surface area contributed by atoms with Crippen molar-refractivity contribution in [3.63, 3.8) is 0 Å². The monoisotopic (exact) mass is 330 g/mol. The first-order valence-corrected chi connectivity index (χ1v) is 8.44. The van der Waals surface area contributed by atoms with E-state index >= 15 is 0 Å². The van der Waals surface area contributed by atoms with E-state index in [1.807, 2.05) is 12.1 Å². The second kappa shape index (κ2) is 8.64. The Bertz CT molecular complexity index is 592. The van der Waals surface area contributed by atoms with Crippen LogP contribution in [-0.2, 0) is 20.7 Å². The number of rotatable bonds is 8. The molecule has 2 rings (SSSR count). The lowest BCUT2D eigenvalue weighted by Gasteiger charge is -2.24. The summed E-state index contributed by atoms with van der Waals surface area (Å²) in [5, 5.41) is 5.56. The maximum atomic E-state index is 12.0. The van der Waals surface area contributed by atoms with Gasteiger partial charge in [-0.05, 0) is 43.5 Å². The molecule has 1 fully saturated rings. The summed E-state index contributed by atoms with van der Waals surface area (Å²) in [6.45, 7) is 6.61. The summed E-state index contributed by atoms with van der Waals surface area (Å²) < 4.78 is 5.89. The summed E-state index contributed by atoms with van der Waals surface area (Å²) in [7, 11) is 0. The first-order valence-electron chi connectivity index (χ1n) is 8.44. The fourth-order valence-electron chi connectivity index (χ4n) is 2.96. The highest BCUT2D eigenvalue weighted by Crippen LogP contribution is 2.32. The van der Waals surface area contributed by atoms with Crippen molar-refractivity contribution in [1.82, 2.24) is 5.32 Å². The summed E-state index contributed by atoms with van der Waals surface area (Å²) in [5.41, 5.74) is 1.49. The molecule has 1 aromatic rings. The molecule has 0 atom stereocenters. The van der Waals surface area contributed by atoms with Crippen molar-refractivity contribution in [1.29, 1.82) is 0 Å². The van der Waals surface area contributed by atoms with E-state index in [-0.39, 0.29) is 23.8 Å². The third-order valence-electron chi connectivity index (χ3n) is 4.28. The minimum Gasteiger partial charge on any atom is -0.373 e. The van der Waals surface area contributed by atoms with Gasteiger partial charge in [0.1, 0.15) is 0 Å². The molecule has 2 amide bonds. The van der Waals surface area contributed by atoms with Gasteiger partial charge < -0.3 is 15.4 Å². The lowest BCUT2D eigenvalue weighted by atomic mass is 10.1. The highest BCUT2D eigenvalue weighted by Gasteiger charge is 2.28. The zero-order chi connectivity index (χ0) is 17.4. The van der Waals surface area contributed by atoms with Crippen LogP contribution in [0, 0.1) is 0 Å². The maximum absolute atomic E-state index is 12.0. The number of carbonyl (C=O) groups excluding carboxylic acids is 2. The molecule has 2 N–H and O–H groups in total. The SMILES string of the molecule is C=CC(=O)Nc1cccc(CC(=O)NCCOC2(C)CCCC2)c1. The number of hydrogen-bond donors (Lipinski definition) is 2. The molecule has 24 heavy (non-hydrogen) atoms. The Morgan fingerprint density at radius 1 is 1.33 bits per heavy atom. The summed E-state index contributed by atoms with van der Waals surface area (Å²) in [6.07, 6.45) is 6.14. The third-order valence-corrected chi connectivity index (χ3v) is 4.28. The van der Waals surface area contributed by atoms with Gasteiger partial charge >= 0.3 is 0 Å². The molecular weight excluding hydrogens is 304 g/mol. The molecule has 0 unspecified atom stereocenters. The van der Waals surface area contributed by atoms with E-state index in [0.29, 0.717) is 18.8 Å². The number of nitrogens with one attached hydrogen (secondary N) is 2. The number of amides is 2. The second-order valence-corrected chi connectivity index (χ2v) is 6.43. The zero-order valence-corrected chi connectivity index (χ0v) is 14.3. The average Bonchev–Trinajstić information content (AvgIpc) is 2.99. The van der Waals surface area contributed by atoms with E-state index in [4.69, 9.17) is 4.74 Å². The van der Waals surface area contributed by atoms with Crippen molar-refractivity contribution in [3.05, 3.63) is 42.5 Å². The predicted molar refractivity (Wildman–Crippen MR) is 94.8 cm³/mol. The van der Waals surface area contributed by atoms with Gasteiger partial charge in [0.15, 0.2) is 0 Å². The van der Waals surface area contributed by atoms with Crippen LogP contribution in [0.15, 0.2) is 36.9 Å². The molecule has 130 valence electrons. The van der Waals surface area contributed by atoms with Crippen molar-refractivity contribution in [2.24, 2.45) is 0 Å². The first-order chi connectivity index (χ1) is 11.5. The Morgan fingerprint density at radius 2 is 2.08 bits per heavy atom. The van der Waals surface area contributed by atoms with Crippen LogP contribution >= 0.6 is 0 Å². The Kier molecular flexibility index (Phi) is 6.55. The van der Waals surface area contributed by atoms with Crippen molar-refractivity contribution in [3.8, 4) is 0 Å². The highest BCUT2D eigenvalue weighted by atomic mass is 16.5. The number of benzene rings is 1. The Balaban J connectivity index is 1.72. The van der Waals surface area contributed by atoms with Gasteiger partial charge in [-0.1, -0.05) is 31.6 Å². The van der Waals surface area contributed by atoms with Crippen LogP contribution in [0.2, 0.25) is 0 Å². The normalized spacial score (nSPS) is 15.7. The number of ether oxygens (including phenoxy) is 1. The fraction of sp³-hybridized carbons (Fsp3) is 0.474. The largest absolute Gasteiger partial charge is 0.373 e. The van der Waals surface area contributed by atoms with E-state index in [1.54, 1.807) is 12.1 Å². The Hall–Kier alpha value is -2.14. The predicted octanol–water partition coefficient (Wildman–Crippen LogP) is 2.82. The quantitative estimate of drug-likeness (QED) is 0.569. The first kappa shape index (κ1) is 18.2. The smallest absolute Gasteiger partial charge is 0.247 e. The molecule has 5 heteroatoms. The topological polar surface area (TPSA) is 67.4 Å². The molecule has 1 aliphatic carbocycles. The van der Waals surface area contributed by atoms with Crippen molar-refractivity contribution in [2.45, 2.75) is 44.6 Å². The standard InChI is InChI=1S/C19H26N2O3/c1-3-17(22)21-16-8-6-7-15(13-16)14-18(23)20-11-12-24-19(2)9-4-5-10-19/h3,6-8,13H,1,4-5,9-12,14H2,2H3,(H,20,23)(H,21,22). The fourth-order valence-corrected chi connectivity index (χ4v) is 2.96. The Labute approximate surface area is 143 Å². The van der Waals surface area contributed by atoms with Gasteiger partial charge in [-0.15, -0.1) is 0 Å². The van der Waals surface area contributed by atoms with Gasteiger partial charge in [-0.2, -0.15) is 0 Å². The van der Waals surface area contributed by atoms with Crippen LogP contribution in [0.3, 0.4) is 0 Å². The summed E-state index contributed by atoms with van der Waals surface area (Å²) in [6, 6.07) is 7.24. The van der Waals surface area contributed by atoms with Crippen LogP contribution in [0.1, 0.15) is 38.2 Å². The summed E-state index contributed by atoms with van der Waals surface area (Å²) >= 11 is 0. The molecular formula is C19H26N2O3. The third kappa shape index (κ3) is 5.81. The van der Waals surface area contributed by atoms with Crippen molar-refractivity contribution < 1.29 is 14.3 Å². The second-order valence-electron chi connectivity index (χ2n) is 6.43. The molecule has 0 aromatic heterocycles. The molecule has 5 nitrogen and oxygen atoms in total. The molecule has 0 radical (unpaired) electrons. The molecule has 0 heterocycles. The minimum atomic E-state index is -0.269. The van der Waals surface area contributed by atoms with E-state index < -0.39 is 0 Å². The highest BCUT2D eigenvalue weighted by molar-refractivity contribution is 5.98. The van der Waals surface area contributed by atoms with Crippen molar-refractivity contribution in [2.75, 3.05) is 18.5 Å². The van der Waals surface area contributed by atoms with Gasteiger partial charge in [0.25, 0.3) is 0 Å². The van der Waals surface area contributed by atoms with Crippen LogP contribution in [0.25, 0.3) is 0 Å². The van der Waals surface area contributed by atoms with Gasteiger partial charge in [-0.3, -0.25) is 9.59 Å². The molecule has 1 aliphatic rings. The van der Waals surface area contributed by atoms with Gasteiger partial charge in [0, 0.05) is 12.2 Å². The summed E-state index contributed by atoms with van der Waals surface area (Å²) in [4.78, 5) is 23.3. The van der Waals surface area contributed by atoms with Gasteiger partial charge in [-0.25, -0.2) is 0 Å². The average molecular weight is 330 g/mol. The van der Waals surface area contributed by atoms with Gasteiger partial charge in [0.05, 0.1) is 18.6 Å². The van der Waals surface area contributed by atoms with Crippen LogP contribution in [0.4, 0.5) is 5.69 Å².